The van der Waals surface area contributed by atoms with Crippen molar-refractivity contribution in [3.8, 4) is 0 Å². The Morgan fingerprint density at radius 1 is 1.30 bits per heavy atom. The highest BCUT2D eigenvalue weighted by Gasteiger charge is 2.30. The van der Waals surface area contributed by atoms with Crippen LogP contribution in [0.15, 0.2) is 24.3 Å². The maximum Gasteiger partial charge on any atom is 0.234 e. The molecule has 20 heavy (non-hydrogen) atoms. The topological polar surface area (TPSA) is 32.3 Å². The van der Waals surface area contributed by atoms with Gasteiger partial charge in [-0.1, -0.05) is 12.1 Å². The van der Waals surface area contributed by atoms with Gasteiger partial charge < -0.3 is 5.32 Å². The highest BCUT2D eigenvalue weighted by molar-refractivity contribution is 5.78. The summed E-state index contributed by atoms with van der Waals surface area (Å²) in [5, 5.41) is 2.99. The van der Waals surface area contributed by atoms with E-state index in [1.165, 1.54) is 12.1 Å². The Balaban J connectivity index is 1.94. The van der Waals surface area contributed by atoms with Gasteiger partial charge in [0.05, 0.1) is 6.54 Å². The molecule has 0 spiro atoms. The lowest BCUT2D eigenvalue weighted by molar-refractivity contribution is -0.123. The quantitative estimate of drug-likeness (QED) is 0.898. The molecule has 1 fully saturated rings. The first-order chi connectivity index (χ1) is 9.33. The number of rotatable bonds is 5. The zero-order chi connectivity index (χ0) is 14.8. The molecule has 1 aliphatic rings. The standard InChI is InChI=1S/C16H23FN2O/c1-16(2,3)18-15(20)11-19(14-8-9-14)10-12-4-6-13(17)7-5-12/h4-7,14H,8-11H2,1-3H3,(H,18,20). The summed E-state index contributed by atoms with van der Waals surface area (Å²) >= 11 is 0. The minimum Gasteiger partial charge on any atom is -0.350 e. The third kappa shape index (κ3) is 4.93. The Labute approximate surface area is 120 Å². The van der Waals surface area contributed by atoms with E-state index in [0.29, 0.717) is 19.1 Å². The second-order valence-corrected chi connectivity index (χ2v) is 6.56. The summed E-state index contributed by atoms with van der Waals surface area (Å²) in [5.41, 5.74) is 0.837. The van der Waals surface area contributed by atoms with E-state index in [4.69, 9.17) is 0 Å². The molecule has 1 saturated carbocycles. The Kier molecular flexibility index (Phi) is 4.43. The first-order valence-corrected chi connectivity index (χ1v) is 7.13. The minimum atomic E-state index is -0.225. The van der Waals surface area contributed by atoms with Crippen LogP contribution in [0, 0.1) is 5.82 Å². The molecule has 0 bridgehead atoms. The first-order valence-electron chi connectivity index (χ1n) is 7.13. The van der Waals surface area contributed by atoms with Crippen LogP contribution in [0.2, 0.25) is 0 Å². The molecule has 0 atom stereocenters. The molecule has 0 unspecified atom stereocenters. The molecule has 110 valence electrons. The van der Waals surface area contributed by atoms with Gasteiger partial charge in [-0.25, -0.2) is 4.39 Å². The van der Waals surface area contributed by atoms with Crippen LogP contribution in [-0.2, 0) is 11.3 Å². The van der Waals surface area contributed by atoms with Crippen molar-refractivity contribution in [1.82, 2.24) is 10.2 Å². The number of carbonyl (C=O) groups excluding carboxylic acids is 1. The van der Waals surface area contributed by atoms with Gasteiger partial charge in [-0.3, -0.25) is 9.69 Å². The predicted molar refractivity (Wildman–Crippen MR) is 77.7 cm³/mol. The predicted octanol–water partition coefficient (Wildman–Crippen LogP) is 2.70. The third-order valence-electron chi connectivity index (χ3n) is 3.22. The highest BCUT2D eigenvalue weighted by atomic mass is 19.1. The summed E-state index contributed by atoms with van der Waals surface area (Å²) < 4.78 is 12.9. The van der Waals surface area contributed by atoms with Gasteiger partial charge in [-0.05, 0) is 51.3 Å². The van der Waals surface area contributed by atoms with Crippen LogP contribution in [0.25, 0.3) is 0 Å². The highest BCUT2D eigenvalue weighted by Crippen LogP contribution is 2.28. The summed E-state index contributed by atoms with van der Waals surface area (Å²) in [6.45, 7) is 7.03. The Bertz CT molecular complexity index is 460. The molecule has 0 saturated heterocycles. The lowest BCUT2D eigenvalue weighted by atomic mass is 10.1. The van der Waals surface area contributed by atoms with E-state index in [2.05, 4.69) is 10.2 Å². The van der Waals surface area contributed by atoms with Crippen molar-refractivity contribution in [1.29, 1.82) is 0 Å². The van der Waals surface area contributed by atoms with Crippen molar-refractivity contribution < 1.29 is 9.18 Å². The van der Waals surface area contributed by atoms with Crippen LogP contribution in [0.1, 0.15) is 39.2 Å². The number of amides is 1. The fourth-order valence-electron chi connectivity index (χ4n) is 2.22. The lowest BCUT2D eigenvalue weighted by Gasteiger charge is -2.25. The smallest absolute Gasteiger partial charge is 0.234 e. The number of carbonyl (C=O) groups is 1. The van der Waals surface area contributed by atoms with E-state index in [1.807, 2.05) is 20.8 Å². The van der Waals surface area contributed by atoms with Crippen molar-refractivity contribution in [2.45, 2.75) is 51.7 Å². The van der Waals surface area contributed by atoms with Crippen molar-refractivity contribution in [2.75, 3.05) is 6.54 Å². The van der Waals surface area contributed by atoms with Crippen LogP contribution >= 0.6 is 0 Å². The van der Waals surface area contributed by atoms with Crippen LogP contribution < -0.4 is 5.32 Å². The van der Waals surface area contributed by atoms with Gasteiger partial charge in [0.15, 0.2) is 0 Å². The molecule has 0 aliphatic heterocycles. The van der Waals surface area contributed by atoms with Gasteiger partial charge in [0.2, 0.25) is 5.91 Å². The van der Waals surface area contributed by atoms with Gasteiger partial charge in [0.25, 0.3) is 0 Å². The van der Waals surface area contributed by atoms with Crippen molar-refractivity contribution in [3.63, 3.8) is 0 Å². The molecule has 0 heterocycles. The molecular weight excluding hydrogens is 255 g/mol. The number of hydrogen-bond donors (Lipinski definition) is 1. The summed E-state index contributed by atoms with van der Waals surface area (Å²) in [7, 11) is 0. The van der Waals surface area contributed by atoms with Crippen LogP contribution in [0.3, 0.4) is 0 Å². The number of halogens is 1. The number of benzene rings is 1. The number of nitrogens with zero attached hydrogens (tertiary/aromatic N) is 1. The lowest BCUT2D eigenvalue weighted by Crippen LogP contribution is -2.46. The maximum atomic E-state index is 12.9. The van der Waals surface area contributed by atoms with Gasteiger partial charge in [0, 0.05) is 18.1 Å². The molecule has 1 amide bonds. The summed E-state index contributed by atoms with van der Waals surface area (Å²) in [6, 6.07) is 7.00. The normalized spacial score (nSPS) is 15.4. The number of nitrogens with one attached hydrogen (secondary N) is 1. The van der Waals surface area contributed by atoms with Crippen molar-refractivity contribution in [3.05, 3.63) is 35.6 Å². The van der Waals surface area contributed by atoms with E-state index >= 15 is 0 Å². The van der Waals surface area contributed by atoms with E-state index in [0.717, 1.165) is 18.4 Å². The molecular formula is C16H23FN2O. The fourth-order valence-corrected chi connectivity index (χ4v) is 2.22. The van der Waals surface area contributed by atoms with Crippen molar-refractivity contribution in [2.24, 2.45) is 0 Å². The summed E-state index contributed by atoms with van der Waals surface area (Å²) in [6.07, 6.45) is 2.29. The number of hydrogen-bond acceptors (Lipinski definition) is 2. The molecule has 2 rings (SSSR count). The first kappa shape index (κ1) is 15.0. The average molecular weight is 278 g/mol. The molecule has 4 heteroatoms. The summed E-state index contributed by atoms with van der Waals surface area (Å²) in [5.74, 6) is -0.177. The Hall–Kier alpha value is -1.42. The molecule has 1 aliphatic carbocycles. The Morgan fingerprint density at radius 3 is 2.40 bits per heavy atom. The van der Waals surface area contributed by atoms with E-state index < -0.39 is 0 Å². The van der Waals surface area contributed by atoms with Gasteiger partial charge >= 0.3 is 0 Å². The zero-order valence-corrected chi connectivity index (χ0v) is 12.4. The zero-order valence-electron chi connectivity index (χ0n) is 12.4. The van der Waals surface area contributed by atoms with Crippen LogP contribution in [0.4, 0.5) is 4.39 Å². The van der Waals surface area contributed by atoms with E-state index in [1.54, 1.807) is 12.1 Å². The largest absolute Gasteiger partial charge is 0.350 e. The van der Waals surface area contributed by atoms with Crippen molar-refractivity contribution >= 4 is 5.91 Å². The maximum absolute atomic E-state index is 12.9. The molecule has 0 radical (unpaired) electrons. The molecule has 1 N–H and O–H groups in total. The third-order valence-corrected chi connectivity index (χ3v) is 3.22. The monoisotopic (exact) mass is 278 g/mol. The molecule has 1 aromatic carbocycles. The van der Waals surface area contributed by atoms with Crippen LogP contribution in [-0.4, -0.2) is 28.9 Å². The van der Waals surface area contributed by atoms with Gasteiger partial charge in [-0.15, -0.1) is 0 Å². The SMILES string of the molecule is CC(C)(C)NC(=O)CN(Cc1ccc(F)cc1)C1CC1. The van der Waals surface area contributed by atoms with Crippen LogP contribution in [0.5, 0.6) is 0 Å². The minimum absolute atomic E-state index is 0.0477. The van der Waals surface area contributed by atoms with Gasteiger partial charge in [0.1, 0.15) is 5.82 Å². The summed E-state index contributed by atoms with van der Waals surface area (Å²) in [4.78, 5) is 14.2. The van der Waals surface area contributed by atoms with E-state index in [-0.39, 0.29) is 17.3 Å². The second-order valence-electron chi connectivity index (χ2n) is 6.56. The fraction of sp³-hybridized carbons (Fsp3) is 0.562. The molecule has 3 nitrogen and oxygen atoms in total. The molecule has 0 aromatic heterocycles. The average Bonchev–Trinajstić information content (AvgIpc) is 3.12. The Morgan fingerprint density at radius 2 is 1.90 bits per heavy atom. The molecule has 1 aromatic rings. The van der Waals surface area contributed by atoms with Gasteiger partial charge in [-0.2, -0.15) is 0 Å². The second kappa shape index (κ2) is 5.92. The van der Waals surface area contributed by atoms with E-state index in [9.17, 15) is 9.18 Å².